The van der Waals surface area contributed by atoms with Crippen molar-refractivity contribution in [3.8, 4) is 0 Å². The number of primary amides is 1. The highest BCUT2D eigenvalue weighted by Gasteiger charge is 2.30. The molecule has 2 N–H and O–H groups in total. The first kappa shape index (κ1) is 15.0. The number of nitrogens with two attached hydrogens (primary N) is 1. The summed E-state index contributed by atoms with van der Waals surface area (Å²) in [7, 11) is 0. The maximum atomic E-state index is 12.1. The molecule has 2 heterocycles. The Morgan fingerprint density at radius 2 is 2.19 bits per heavy atom. The summed E-state index contributed by atoms with van der Waals surface area (Å²) in [5.74, 6) is -1.55. The molecule has 0 saturated carbocycles. The smallest absolute Gasteiger partial charge is 0.340 e. The molecule has 0 aromatic carbocycles. The van der Waals surface area contributed by atoms with Gasteiger partial charge in [0.1, 0.15) is 6.04 Å². The molecule has 1 aliphatic heterocycles. The molecular weight excluding hydrogens is 274 g/mol. The number of amides is 2. The second kappa shape index (κ2) is 6.83. The predicted molar refractivity (Wildman–Crippen MR) is 73.1 cm³/mol. The van der Waals surface area contributed by atoms with Gasteiger partial charge in [-0.15, -0.1) is 0 Å². The summed E-state index contributed by atoms with van der Waals surface area (Å²) in [5, 5.41) is 0. The van der Waals surface area contributed by atoms with Crippen molar-refractivity contribution in [1.29, 1.82) is 0 Å². The Kier molecular flexibility index (Phi) is 4.86. The number of nitrogens with zero attached hydrogens (tertiary/aromatic N) is 2. The van der Waals surface area contributed by atoms with Crippen LogP contribution in [0, 0.1) is 0 Å². The lowest BCUT2D eigenvalue weighted by atomic mass is 10.0. The summed E-state index contributed by atoms with van der Waals surface area (Å²) in [4.78, 5) is 40.3. The summed E-state index contributed by atoms with van der Waals surface area (Å²) < 4.78 is 4.95. The lowest BCUT2D eigenvalue weighted by Gasteiger charge is -2.33. The molecule has 0 aliphatic carbocycles. The zero-order valence-corrected chi connectivity index (χ0v) is 11.5. The fraction of sp³-hybridized carbons (Fsp3) is 0.429. The van der Waals surface area contributed by atoms with Crippen molar-refractivity contribution in [3.63, 3.8) is 0 Å². The van der Waals surface area contributed by atoms with E-state index in [4.69, 9.17) is 10.5 Å². The normalized spacial score (nSPS) is 18.1. The molecule has 7 nitrogen and oxygen atoms in total. The van der Waals surface area contributed by atoms with Crippen LogP contribution in [-0.2, 0) is 14.3 Å². The first-order chi connectivity index (χ1) is 10.1. The van der Waals surface area contributed by atoms with Crippen molar-refractivity contribution in [3.05, 3.63) is 30.1 Å². The number of carbonyl (C=O) groups excluding carboxylic acids is 3. The van der Waals surface area contributed by atoms with Gasteiger partial charge in [0.05, 0.1) is 5.56 Å². The number of rotatable bonds is 4. The molecule has 1 atom stereocenters. The van der Waals surface area contributed by atoms with Crippen LogP contribution in [0.1, 0.15) is 29.6 Å². The molecule has 1 aliphatic rings. The number of hydrogen-bond donors (Lipinski definition) is 1. The minimum Gasteiger partial charge on any atom is -0.452 e. The van der Waals surface area contributed by atoms with E-state index in [0.717, 1.165) is 12.8 Å². The third kappa shape index (κ3) is 3.77. The van der Waals surface area contributed by atoms with Gasteiger partial charge in [0, 0.05) is 18.9 Å². The van der Waals surface area contributed by atoms with E-state index in [1.54, 1.807) is 12.1 Å². The van der Waals surface area contributed by atoms with E-state index >= 15 is 0 Å². The van der Waals surface area contributed by atoms with Crippen LogP contribution < -0.4 is 5.73 Å². The van der Waals surface area contributed by atoms with Gasteiger partial charge < -0.3 is 15.4 Å². The fourth-order valence-electron chi connectivity index (χ4n) is 2.30. The van der Waals surface area contributed by atoms with Crippen molar-refractivity contribution >= 4 is 17.8 Å². The van der Waals surface area contributed by atoms with Crippen LogP contribution in [0.2, 0.25) is 0 Å². The molecule has 0 spiro atoms. The number of likely N-dealkylation sites (tertiary alicyclic amines) is 1. The van der Waals surface area contributed by atoms with Gasteiger partial charge in [0.15, 0.2) is 6.61 Å². The van der Waals surface area contributed by atoms with Gasteiger partial charge >= 0.3 is 5.97 Å². The molecule has 1 saturated heterocycles. The molecular formula is C14H17N3O4. The van der Waals surface area contributed by atoms with Gasteiger partial charge in [-0.3, -0.25) is 14.6 Å². The number of hydrogen-bond acceptors (Lipinski definition) is 5. The fourth-order valence-corrected chi connectivity index (χ4v) is 2.30. The Bertz CT molecular complexity index is 532. The van der Waals surface area contributed by atoms with E-state index in [1.807, 2.05) is 0 Å². The summed E-state index contributed by atoms with van der Waals surface area (Å²) in [6.45, 7) is 0.0500. The van der Waals surface area contributed by atoms with Crippen LogP contribution in [0.25, 0.3) is 0 Å². The van der Waals surface area contributed by atoms with Crippen LogP contribution in [0.4, 0.5) is 0 Å². The second-order valence-corrected chi connectivity index (χ2v) is 4.82. The monoisotopic (exact) mass is 291 g/mol. The first-order valence-electron chi connectivity index (χ1n) is 6.75. The minimum absolute atomic E-state index is 0.274. The van der Waals surface area contributed by atoms with Gasteiger partial charge in [-0.05, 0) is 31.4 Å². The molecule has 112 valence electrons. The maximum Gasteiger partial charge on any atom is 0.340 e. The van der Waals surface area contributed by atoms with Crippen LogP contribution in [0.5, 0.6) is 0 Å². The third-order valence-corrected chi connectivity index (χ3v) is 3.38. The molecule has 1 aromatic rings. The Hall–Kier alpha value is -2.44. The number of esters is 1. The summed E-state index contributed by atoms with van der Waals surface area (Å²) in [6, 6.07) is 2.54. The second-order valence-electron chi connectivity index (χ2n) is 4.82. The molecule has 0 unspecified atom stereocenters. The van der Waals surface area contributed by atoms with Crippen LogP contribution >= 0.6 is 0 Å². The van der Waals surface area contributed by atoms with Gasteiger partial charge in [0.2, 0.25) is 5.91 Å². The standard InChI is InChI=1S/C14H17N3O4/c15-13(19)11-5-1-2-7-17(11)12(18)9-21-14(20)10-4-3-6-16-8-10/h3-4,6,8,11H,1-2,5,7,9H2,(H2,15,19)/t11-/m0/s1. The number of pyridine rings is 1. The SMILES string of the molecule is NC(=O)[C@@H]1CCCCN1C(=O)COC(=O)c1cccnc1. The topological polar surface area (TPSA) is 103 Å². The van der Waals surface area contributed by atoms with Crippen LogP contribution in [0.3, 0.4) is 0 Å². The summed E-state index contributed by atoms with van der Waals surface area (Å²) in [6.07, 6.45) is 5.11. The van der Waals surface area contributed by atoms with Gasteiger partial charge in [-0.1, -0.05) is 0 Å². The summed E-state index contributed by atoms with van der Waals surface area (Å²) >= 11 is 0. The Balaban J connectivity index is 1.92. The number of aromatic nitrogens is 1. The number of piperidine rings is 1. The molecule has 21 heavy (non-hydrogen) atoms. The average Bonchev–Trinajstić information content (AvgIpc) is 2.53. The highest BCUT2D eigenvalue weighted by Crippen LogP contribution is 2.17. The zero-order valence-electron chi connectivity index (χ0n) is 11.5. The van der Waals surface area contributed by atoms with Gasteiger partial charge in [-0.2, -0.15) is 0 Å². The first-order valence-corrected chi connectivity index (χ1v) is 6.75. The molecule has 0 bridgehead atoms. The minimum atomic E-state index is -0.621. The highest BCUT2D eigenvalue weighted by atomic mass is 16.5. The van der Waals surface area contributed by atoms with Gasteiger partial charge in [0.25, 0.3) is 5.91 Å². The lowest BCUT2D eigenvalue weighted by Crippen LogP contribution is -2.51. The van der Waals surface area contributed by atoms with Crippen molar-refractivity contribution < 1.29 is 19.1 Å². The Labute approximate surface area is 122 Å². The zero-order chi connectivity index (χ0) is 15.2. The van der Waals surface area contributed by atoms with Crippen molar-refractivity contribution in [2.45, 2.75) is 25.3 Å². The number of ether oxygens (including phenoxy) is 1. The molecule has 2 amide bonds. The lowest BCUT2D eigenvalue weighted by molar-refractivity contribution is -0.143. The van der Waals surface area contributed by atoms with E-state index in [2.05, 4.69) is 4.98 Å². The average molecular weight is 291 g/mol. The molecule has 1 fully saturated rings. The van der Waals surface area contributed by atoms with Crippen LogP contribution in [0.15, 0.2) is 24.5 Å². The van der Waals surface area contributed by atoms with Gasteiger partial charge in [-0.25, -0.2) is 4.79 Å². The highest BCUT2D eigenvalue weighted by molar-refractivity contribution is 5.92. The van der Waals surface area contributed by atoms with Crippen molar-refractivity contribution in [2.75, 3.05) is 13.2 Å². The molecule has 0 radical (unpaired) electrons. The number of carbonyl (C=O) groups is 3. The quantitative estimate of drug-likeness (QED) is 0.793. The van der Waals surface area contributed by atoms with Crippen molar-refractivity contribution in [1.82, 2.24) is 9.88 Å². The van der Waals surface area contributed by atoms with E-state index in [0.29, 0.717) is 13.0 Å². The summed E-state index contributed by atoms with van der Waals surface area (Å²) in [5.41, 5.74) is 5.57. The van der Waals surface area contributed by atoms with E-state index in [9.17, 15) is 14.4 Å². The van der Waals surface area contributed by atoms with E-state index < -0.39 is 30.4 Å². The molecule has 1 aromatic heterocycles. The van der Waals surface area contributed by atoms with Crippen molar-refractivity contribution in [2.24, 2.45) is 5.73 Å². The Morgan fingerprint density at radius 1 is 1.38 bits per heavy atom. The van der Waals surface area contributed by atoms with Crippen LogP contribution in [-0.4, -0.2) is 46.9 Å². The third-order valence-electron chi connectivity index (χ3n) is 3.38. The molecule has 7 heteroatoms. The maximum absolute atomic E-state index is 12.1. The molecule has 2 rings (SSSR count). The van der Waals surface area contributed by atoms with E-state index in [1.165, 1.54) is 17.3 Å². The van der Waals surface area contributed by atoms with E-state index in [-0.39, 0.29) is 5.56 Å². The Morgan fingerprint density at radius 3 is 2.86 bits per heavy atom. The predicted octanol–water partition coefficient (Wildman–Crippen LogP) is 0.105. The largest absolute Gasteiger partial charge is 0.452 e.